The second-order valence-corrected chi connectivity index (χ2v) is 4.87. The first-order valence-electron chi connectivity index (χ1n) is 7.18. The van der Waals surface area contributed by atoms with Crippen LogP contribution in [0.1, 0.15) is 32.3 Å². The van der Waals surface area contributed by atoms with E-state index in [9.17, 15) is 5.11 Å². The van der Waals surface area contributed by atoms with Crippen molar-refractivity contribution in [3.8, 4) is 11.8 Å². The van der Waals surface area contributed by atoms with Gasteiger partial charge in [-0.05, 0) is 23.6 Å². The molecule has 4 nitrogen and oxygen atoms in total. The van der Waals surface area contributed by atoms with E-state index in [1.165, 1.54) is 0 Å². The molecule has 0 amide bonds. The van der Waals surface area contributed by atoms with Crippen LogP contribution in [0.15, 0.2) is 24.3 Å². The molecule has 4 heteroatoms. The Morgan fingerprint density at radius 2 is 2.10 bits per heavy atom. The van der Waals surface area contributed by atoms with Gasteiger partial charge in [0.25, 0.3) is 0 Å². The summed E-state index contributed by atoms with van der Waals surface area (Å²) in [6.45, 7) is 5.54. The lowest BCUT2D eigenvalue weighted by molar-refractivity contribution is 0.101. The molecule has 1 atom stereocenters. The Morgan fingerprint density at radius 3 is 2.75 bits per heavy atom. The zero-order valence-corrected chi connectivity index (χ0v) is 12.3. The number of nitrogens with zero attached hydrogens (tertiary/aromatic N) is 1. The van der Waals surface area contributed by atoms with Gasteiger partial charge >= 0.3 is 0 Å². The van der Waals surface area contributed by atoms with E-state index >= 15 is 0 Å². The fraction of sp³-hybridized carbons (Fsp3) is 0.562. The first kappa shape index (κ1) is 16.5. The molecule has 0 radical (unpaired) electrons. The third-order valence-electron chi connectivity index (χ3n) is 3.48. The Bertz CT molecular complexity index is 425. The molecule has 0 spiro atoms. The molecule has 0 heterocycles. The quantitative estimate of drug-likeness (QED) is 0.727. The van der Waals surface area contributed by atoms with Crippen LogP contribution < -0.4 is 10.1 Å². The Balaban J connectivity index is 2.40. The molecule has 1 rings (SSSR count). The van der Waals surface area contributed by atoms with E-state index in [2.05, 4.69) is 19.2 Å². The van der Waals surface area contributed by atoms with Crippen molar-refractivity contribution in [2.45, 2.75) is 39.3 Å². The van der Waals surface area contributed by atoms with Crippen LogP contribution in [0.5, 0.6) is 5.75 Å². The Morgan fingerprint density at radius 1 is 1.35 bits per heavy atom. The second-order valence-electron chi connectivity index (χ2n) is 4.87. The lowest BCUT2D eigenvalue weighted by atomic mass is 9.96. The summed E-state index contributed by atoms with van der Waals surface area (Å²) in [6, 6.07) is 9.59. The van der Waals surface area contributed by atoms with Crippen molar-refractivity contribution in [3.63, 3.8) is 0 Å². The van der Waals surface area contributed by atoms with E-state index in [0.29, 0.717) is 24.8 Å². The second kappa shape index (κ2) is 9.35. The van der Waals surface area contributed by atoms with Crippen LogP contribution in [0, 0.1) is 17.2 Å². The van der Waals surface area contributed by atoms with Crippen LogP contribution in [0.25, 0.3) is 0 Å². The minimum Gasteiger partial charge on any atom is -0.479 e. The summed E-state index contributed by atoms with van der Waals surface area (Å²) in [7, 11) is 0. The number of nitrogens with one attached hydrogen (secondary N) is 1. The topological polar surface area (TPSA) is 65.3 Å². The maximum absolute atomic E-state index is 10.0. The van der Waals surface area contributed by atoms with Crippen LogP contribution in [0.2, 0.25) is 0 Å². The molecule has 0 aliphatic rings. The van der Waals surface area contributed by atoms with Crippen molar-refractivity contribution in [1.82, 2.24) is 5.32 Å². The van der Waals surface area contributed by atoms with Gasteiger partial charge in [-0.15, -0.1) is 0 Å². The van der Waals surface area contributed by atoms with Gasteiger partial charge < -0.3 is 15.2 Å². The maximum Gasteiger partial charge on any atom is 0.174 e. The average Bonchev–Trinajstić information content (AvgIpc) is 2.47. The van der Waals surface area contributed by atoms with E-state index in [1.54, 1.807) is 0 Å². The maximum atomic E-state index is 10.0. The molecule has 0 aliphatic carbocycles. The first-order chi connectivity index (χ1) is 9.71. The number of nitriles is 1. The third kappa shape index (κ3) is 5.60. The molecular weight excluding hydrogens is 252 g/mol. The number of ether oxygens (including phenoxy) is 1. The van der Waals surface area contributed by atoms with Gasteiger partial charge in [0.15, 0.2) is 6.61 Å². The summed E-state index contributed by atoms with van der Waals surface area (Å²) in [5.74, 6) is 1.05. The molecule has 1 aromatic rings. The molecule has 2 N–H and O–H groups in total. The van der Waals surface area contributed by atoms with Crippen LogP contribution in [-0.2, 0) is 6.54 Å². The molecule has 0 fully saturated rings. The fourth-order valence-corrected chi connectivity index (χ4v) is 2.22. The molecule has 1 aromatic carbocycles. The van der Waals surface area contributed by atoms with Crippen molar-refractivity contribution < 1.29 is 9.84 Å². The summed E-state index contributed by atoms with van der Waals surface area (Å²) < 4.78 is 5.26. The lowest BCUT2D eigenvalue weighted by Gasteiger charge is -2.20. The van der Waals surface area contributed by atoms with E-state index in [0.717, 1.165) is 18.4 Å². The smallest absolute Gasteiger partial charge is 0.174 e. The molecule has 0 aliphatic heterocycles. The van der Waals surface area contributed by atoms with Gasteiger partial charge in [-0.3, -0.25) is 0 Å². The molecule has 0 bridgehead atoms. The third-order valence-corrected chi connectivity index (χ3v) is 3.48. The summed E-state index contributed by atoms with van der Waals surface area (Å²) in [5.41, 5.74) is 1.08. The van der Waals surface area contributed by atoms with Gasteiger partial charge in [0, 0.05) is 13.1 Å². The van der Waals surface area contributed by atoms with Crippen molar-refractivity contribution in [2.24, 2.45) is 5.92 Å². The number of aliphatic hydroxyl groups excluding tert-OH is 1. The standard InChI is InChI=1S/C16H24N2O2/c1-3-14(4-2)16(19)12-18-11-13-6-5-7-15(10-13)20-9-8-17/h5-7,10,14,16,18-19H,3-4,9,11-12H2,1-2H3. The highest BCUT2D eigenvalue weighted by atomic mass is 16.5. The highest BCUT2D eigenvalue weighted by Crippen LogP contribution is 2.14. The van der Waals surface area contributed by atoms with Crippen molar-refractivity contribution in [2.75, 3.05) is 13.2 Å². The van der Waals surface area contributed by atoms with Gasteiger partial charge in [-0.25, -0.2) is 0 Å². The minimum absolute atomic E-state index is 0.0598. The molecule has 0 saturated heterocycles. The van der Waals surface area contributed by atoms with Gasteiger partial charge in [-0.1, -0.05) is 38.8 Å². The van der Waals surface area contributed by atoms with Crippen LogP contribution in [0.4, 0.5) is 0 Å². The lowest BCUT2D eigenvalue weighted by Crippen LogP contribution is -2.32. The predicted octanol–water partition coefficient (Wildman–Crippen LogP) is 2.48. The highest BCUT2D eigenvalue weighted by Gasteiger charge is 2.14. The predicted molar refractivity (Wildman–Crippen MR) is 79.3 cm³/mol. The number of hydrogen-bond acceptors (Lipinski definition) is 4. The van der Waals surface area contributed by atoms with Crippen LogP contribution >= 0.6 is 0 Å². The van der Waals surface area contributed by atoms with Crippen molar-refractivity contribution in [1.29, 1.82) is 5.26 Å². The molecule has 1 unspecified atom stereocenters. The summed E-state index contributed by atoms with van der Waals surface area (Å²) in [5, 5.41) is 21.8. The molecule has 0 aromatic heterocycles. The number of rotatable bonds is 9. The van der Waals surface area contributed by atoms with Gasteiger partial charge in [0.1, 0.15) is 11.8 Å². The monoisotopic (exact) mass is 276 g/mol. The zero-order valence-electron chi connectivity index (χ0n) is 12.3. The molecular formula is C16H24N2O2. The van der Waals surface area contributed by atoms with Crippen molar-refractivity contribution in [3.05, 3.63) is 29.8 Å². The normalized spacial score (nSPS) is 12.2. The Kier molecular flexibility index (Phi) is 7.71. The summed E-state index contributed by atoms with van der Waals surface area (Å²) >= 11 is 0. The number of hydrogen-bond donors (Lipinski definition) is 2. The summed E-state index contributed by atoms with van der Waals surface area (Å²) in [6.07, 6.45) is 1.69. The zero-order chi connectivity index (χ0) is 14.8. The van der Waals surface area contributed by atoms with Gasteiger partial charge in [0.05, 0.1) is 6.10 Å². The largest absolute Gasteiger partial charge is 0.479 e. The van der Waals surface area contributed by atoms with Gasteiger partial charge in [0.2, 0.25) is 0 Å². The minimum atomic E-state index is -0.303. The highest BCUT2D eigenvalue weighted by molar-refractivity contribution is 5.28. The summed E-state index contributed by atoms with van der Waals surface area (Å²) in [4.78, 5) is 0. The Hall–Kier alpha value is -1.57. The van der Waals surface area contributed by atoms with Crippen LogP contribution in [0.3, 0.4) is 0 Å². The Labute approximate surface area is 121 Å². The van der Waals surface area contributed by atoms with Gasteiger partial charge in [-0.2, -0.15) is 5.26 Å². The first-order valence-corrected chi connectivity index (χ1v) is 7.18. The number of aliphatic hydroxyl groups is 1. The van der Waals surface area contributed by atoms with E-state index in [-0.39, 0.29) is 12.7 Å². The molecule has 20 heavy (non-hydrogen) atoms. The SMILES string of the molecule is CCC(CC)C(O)CNCc1cccc(OCC#N)c1. The van der Waals surface area contributed by atoms with E-state index in [1.807, 2.05) is 30.3 Å². The number of benzene rings is 1. The van der Waals surface area contributed by atoms with Crippen molar-refractivity contribution >= 4 is 0 Å². The van der Waals surface area contributed by atoms with E-state index < -0.39 is 0 Å². The molecule has 110 valence electrons. The fourth-order valence-electron chi connectivity index (χ4n) is 2.22. The molecule has 0 saturated carbocycles. The van der Waals surface area contributed by atoms with Crippen LogP contribution in [-0.4, -0.2) is 24.4 Å². The van der Waals surface area contributed by atoms with E-state index in [4.69, 9.17) is 10.00 Å². The average molecular weight is 276 g/mol.